The molecule has 7 heteroatoms. The first-order valence-corrected chi connectivity index (χ1v) is 9.85. The summed E-state index contributed by atoms with van der Waals surface area (Å²) in [6.45, 7) is 0. The van der Waals surface area contributed by atoms with Crippen LogP contribution in [0.2, 0.25) is 0 Å². The van der Waals surface area contributed by atoms with Crippen molar-refractivity contribution in [3.8, 4) is 0 Å². The van der Waals surface area contributed by atoms with E-state index in [2.05, 4.69) is 20.0 Å². The van der Waals surface area contributed by atoms with Crippen molar-refractivity contribution in [2.24, 2.45) is 0 Å². The number of fused-ring (bicyclic) bond motifs is 3. The van der Waals surface area contributed by atoms with Gasteiger partial charge in [0.05, 0.1) is 11.8 Å². The van der Waals surface area contributed by atoms with E-state index in [0.717, 1.165) is 39.3 Å². The van der Waals surface area contributed by atoms with E-state index in [0.29, 0.717) is 5.69 Å². The van der Waals surface area contributed by atoms with Gasteiger partial charge in [-0.15, -0.1) is 0 Å². The lowest BCUT2D eigenvalue weighted by Gasteiger charge is -2.13. The lowest BCUT2D eigenvalue weighted by Crippen LogP contribution is -2.09. The van der Waals surface area contributed by atoms with E-state index in [-0.39, 0.29) is 0 Å². The van der Waals surface area contributed by atoms with Crippen LogP contribution < -0.4 is 10.0 Å². The first kappa shape index (κ1) is 16.3. The van der Waals surface area contributed by atoms with Gasteiger partial charge >= 0.3 is 0 Å². The average molecular weight is 364 g/mol. The van der Waals surface area contributed by atoms with Crippen LogP contribution >= 0.6 is 0 Å². The fourth-order valence-electron chi connectivity index (χ4n) is 2.92. The largest absolute Gasteiger partial charge is 0.355 e. The van der Waals surface area contributed by atoms with Crippen molar-refractivity contribution in [3.63, 3.8) is 0 Å². The number of sulfonamides is 1. The second kappa shape index (κ2) is 6.27. The fraction of sp³-hybridized carbons (Fsp3) is 0.0526. The van der Waals surface area contributed by atoms with Crippen molar-refractivity contribution >= 4 is 48.8 Å². The van der Waals surface area contributed by atoms with Crippen molar-refractivity contribution in [1.82, 2.24) is 9.97 Å². The molecule has 0 spiro atoms. The van der Waals surface area contributed by atoms with Gasteiger partial charge < -0.3 is 5.32 Å². The first-order valence-electron chi connectivity index (χ1n) is 7.96. The number of aromatic nitrogens is 2. The van der Waals surface area contributed by atoms with Gasteiger partial charge in [-0.2, -0.15) is 0 Å². The summed E-state index contributed by atoms with van der Waals surface area (Å²) in [6.07, 6.45) is 4.48. The molecule has 0 aliphatic rings. The molecule has 0 saturated heterocycles. The Hall–Kier alpha value is -3.19. The van der Waals surface area contributed by atoms with Crippen LogP contribution in [0.4, 0.5) is 17.1 Å². The standard InChI is InChI=1S/C19H16N4O2S/c1-26(24,25)23-14-8-6-13(7-9-14)22-19-10-18-17(11-20-12-21-18)15-4-2-3-5-16(15)19/h2-12,22-23H,1H3. The normalized spacial score (nSPS) is 11.6. The molecule has 0 aliphatic heterocycles. The van der Waals surface area contributed by atoms with Gasteiger partial charge in [-0.25, -0.2) is 18.4 Å². The molecule has 0 saturated carbocycles. The molecule has 4 rings (SSSR count). The summed E-state index contributed by atoms with van der Waals surface area (Å²) in [4.78, 5) is 8.49. The molecule has 0 fully saturated rings. The van der Waals surface area contributed by atoms with Crippen LogP contribution in [0.1, 0.15) is 0 Å². The Kier molecular flexibility index (Phi) is 3.93. The van der Waals surface area contributed by atoms with E-state index in [1.165, 1.54) is 6.33 Å². The van der Waals surface area contributed by atoms with Crippen LogP contribution in [0.5, 0.6) is 0 Å². The van der Waals surface area contributed by atoms with E-state index >= 15 is 0 Å². The van der Waals surface area contributed by atoms with Crippen molar-refractivity contribution in [3.05, 3.63) is 67.1 Å². The summed E-state index contributed by atoms with van der Waals surface area (Å²) in [5.41, 5.74) is 3.16. The van der Waals surface area contributed by atoms with Crippen LogP contribution in [0.25, 0.3) is 21.7 Å². The first-order chi connectivity index (χ1) is 12.5. The molecule has 4 aromatic rings. The van der Waals surface area contributed by atoms with E-state index in [1.807, 2.05) is 48.7 Å². The van der Waals surface area contributed by atoms with Crippen molar-refractivity contribution in [2.75, 3.05) is 16.3 Å². The zero-order chi connectivity index (χ0) is 18.1. The van der Waals surface area contributed by atoms with Gasteiger partial charge in [0, 0.05) is 34.0 Å². The van der Waals surface area contributed by atoms with Crippen molar-refractivity contribution in [1.29, 1.82) is 0 Å². The molecule has 2 N–H and O–H groups in total. The molecular weight excluding hydrogens is 348 g/mol. The van der Waals surface area contributed by atoms with E-state index in [9.17, 15) is 8.42 Å². The Labute approximate surface area is 151 Å². The smallest absolute Gasteiger partial charge is 0.229 e. The second-order valence-corrected chi connectivity index (χ2v) is 7.75. The molecule has 6 nitrogen and oxygen atoms in total. The average Bonchev–Trinajstić information content (AvgIpc) is 2.62. The third kappa shape index (κ3) is 3.29. The van der Waals surface area contributed by atoms with Gasteiger partial charge in [-0.1, -0.05) is 24.3 Å². The predicted molar refractivity (Wildman–Crippen MR) is 105 cm³/mol. The topological polar surface area (TPSA) is 84.0 Å². The maximum absolute atomic E-state index is 11.3. The third-order valence-corrected chi connectivity index (χ3v) is 4.61. The molecular formula is C19H16N4O2S. The summed E-state index contributed by atoms with van der Waals surface area (Å²) >= 11 is 0. The minimum Gasteiger partial charge on any atom is -0.355 e. The van der Waals surface area contributed by atoms with Crippen LogP contribution in [0, 0.1) is 0 Å². The lowest BCUT2D eigenvalue weighted by atomic mass is 10.0. The van der Waals surface area contributed by atoms with Crippen LogP contribution in [-0.4, -0.2) is 24.6 Å². The Morgan fingerprint density at radius 2 is 1.58 bits per heavy atom. The minimum absolute atomic E-state index is 0.522. The SMILES string of the molecule is CS(=O)(=O)Nc1ccc(Nc2cc3ncncc3c3ccccc23)cc1. The maximum atomic E-state index is 11.3. The molecule has 0 atom stereocenters. The lowest BCUT2D eigenvalue weighted by molar-refractivity contribution is 0.607. The number of hydrogen-bond donors (Lipinski definition) is 2. The zero-order valence-corrected chi connectivity index (χ0v) is 14.8. The van der Waals surface area contributed by atoms with Crippen LogP contribution in [0.3, 0.4) is 0 Å². The third-order valence-electron chi connectivity index (χ3n) is 4.00. The summed E-state index contributed by atoms with van der Waals surface area (Å²) in [7, 11) is -3.29. The number of rotatable bonds is 4. The van der Waals surface area contributed by atoms with Crippen molar-refractivity contribution < 1.29 is 8.42 Å². The number of anilines is 3. The molecule has 0 aliphatic carbocycles. The molecule has 26 heavy (non-hydrogen) atoms. The summed E-state index contributed by atoms with van der Waals surface area (Å²) < 4.78 is 25.1. The molecule has 0 radical (unpaired) electrons. The Bertz CT molecular complexity index is 1210. The van der Waals surface area contributed by atoms with Gasteiger partial charge in [0.25, 0.3) is 0 Å². The molecule has 0 bridgehead atoms. The highest BCUT2D eigenvalue weighted by atomic mass is 32.2. The Morgan fingerprint density at radius 3 is 2.31 bits per heavy atom. The highest BCUT2D eigenvalue weighted by Gasteiger charge is 2.08. The highest BCUT2D eigenvalue weighted by molar-refractivity contribution is 7.92. The molecule has 1 heterocycles. The van der Waals surface area contributed by atoms with Gasteiger partial charge in [0.15, 0.2) is 0 Å². The summed E-state index contributed by atoms with van der Waals surface area (Å²) in [5, 5.41) is 6.53. The molecule has 0 unspecified atom stereocenters. The van der Waals surface area contributed by atoms with Gasteiger partial charge in [-0.05, 0) is 35.7 Å². The quantitative estimate of drug-likeness (QED) is 0.537. The number of hydrogen-bond acceptors (Lipinski definition) is 5. The van der Waals surface area contributed by atoms with Gasteiger partial charge in [-0.3, -0.25) is 4.72 Å². The van der Waals surface area contributed by atoms with Crippen LogP contribution in [-0.2, 0) is 10.0 Å². The van der Waals surface area contributed by atoms with E-state index < -0.39 is 10.0 Å². The van der Waals surface area contributed by atoms with Gasteiger partial charge in [0.1, 0.15) is 6.33 Å². The second-order valence-electron chi connectivity index (χ2n) is 6.00. The Balaban J connectivity index is 1.74. The van der Waals surface area contributed by atoms with E-state index in [4.69, 9.17) is 0 Å². The predicted octanol–water partition coefficient (Wildman–Crippen LogP) is 3.90. The molecule has 1 aromatic heterocycles. The molecule has 130 valence electrons. The highest BCUT2D eigenvalue weighted by Crippen LogP contribution is 2.32. The van der Waals surface area contributed by atoms with E-state index in [1.54, 1.807) is 12.1 Å². The monoisotopic (exact) mass is 364 g/mol. The minimum atomic E-state index is -3.29. The van der Waals surface area contributed by atoms with Gasteiger partial charge in [0.2, 0.25) is 10.0 Å². The molecule has 3 aromatic carbocycles. The molecule has 0 amide bonds. The number of nitrogens with one attached hydrogen (secondary N) is 2. The maximum Gasteiger partial charge on any atom is 0.229 e. The summed E-state index contributed by atoms with van der Waals surface area (Å²) in [6, 6.07) is 17.1. The Morgan fingerprint density at radius 1 is 0.885 bits per heavy atom. The summed E-state index contributed by atoms with van der Waals surface area (Å²) in [5.74, 6) is 0. The van der Waals surface area contributed by atoms with Crippen LogP contribution in [0.15, 0.2) is 67.1 Å². The fourth-order valence-corrected chi connectivity index (χ4v) is 3.49. The number of nitrogens with zero attached hydrogens (tertiary/aromatic N) is 2. The van der Waals surface area contributed by atoms with Crippen molar-refractivity contribution in [2.45, 2.75) is 0 Å². The zero-order valence-electron chi connectivity index (χ0n) is 14.0. The number of benzene rings is 3.